The molecule has 5 heteroatoms. The lowest BCUT2D eigenvalue weighted by Gasteiger charge is -2.05. The number of imidazole rings is 1. The fourth-order valence-corrected chi connectivity index (χ4v) is 2.84. The topological polar surface area (TPSA) is 38.1 Å². The Morgan fingerprint density at radius 2 is 2.24 bits per heavy atom. The van der Waals surface area contributed by atoms with Gasteiger partial charge in [0.1, 0.15) is 10.9 Å². The van der Waals surface area contributed by atoms with Crippen LogP contribution in [0.15, 0.2) is 34.2 Å². The Morgan fingerprint density at radius 1 is 1.47 bits per heavy atom. The van der Waals surface area contributed by atoms with E-state index < -0.39 is 0 Å². The number of benzene rings is 1. The summed E-state index contributed by atoms with van der Waals surface area (Å²) in [7, 11) is 1.94. The summed E-state index contributed by atoms with van der Waals surface area (Å²) in [5.41, 5.74) is 0.704. The van der Waals surface area contributed by atoms with Crippen LogP contribution in [0.5, 0.6) is 0 Å². The Labute approximate surface area is 109 Å². The molecule has 0 radical (unpaired) electrons. The highest BCUT2D eigenvalue weighted by atomic mass is 35.5. The molecule has 1 aromatic heterocycles. The van der Waals surface area contributed by atoms with E-state index in [1.165, 1.54) is 0 Å². The molecule has 0 saturated heterocycles. The number of aliphatic hydroxyl groups is 1. The molecule has 0 atom stereocenters. The summed E-state index contributed by atoms with van der Waals surface area (Å²) in [6.45, 7) is 1.87. The van der Waals surface area contributed by atoms with Crippen molar-refractivity contribution in [3.63, 3.8) is 0 Å². The summed E-state index contributed by atoms with van der Waals surface area (Å²) in [4.78, 5) is 5.34. The molecule has 0 saturated carbocycles. The Kier molecular flexibility index (Phi) is 3.76. The third-order valence-electron chi connectivity index (χ3n) is 2.49. The van der Waals surface area contributed by atoms with Crippen LogP contribution in [0.25, 0.3) is 0 Å². The second-order valence-electron chi connectivity index (χ2n) is 3.69. The Balaban J connectivity index is 2.35. The first-order valence-electron chi connectivity index (χ1n) is 5.18. The van der Waals surface area contributed by atoms with Gasteiger partial charge in [0.25, 0.3) is 0 Å². The molecule has 1 heterocycles. The van der Waals surface area contributed by atoms with Crippen LogP contribution in [0, 0.1) is 6.92 Å². The summed E-state index contributed by atoms with van der Waals surface area (Å²) in [6.07, 6.45) is 0. The van der Waals surface area contributed by atoms with Crippen LogP contribution < -0.4 is 0 Å². The van der Waals surface area contributed by atoms with Gasteiger partial charge in [0.15, 0.2) is 0 Å². The number of nitrogens with zero attached hydrogens (tertiary/aromatic N) is 2. The minimum atomic E-state index is -0.0510. The van der Waals surface area contributed by atoms with Crippen LogP contribution in [-0.2, 0) is 13.7 Å². The summed E-state index contributed by atoms with van der Waals surface area (Å²) < 4.78 is 1.97. The predicted octanol–water partition coefficient (Wildman–Crippen LogP) is 3.03. The van der Waals surface area contributed by atoms with Crippen molar-refractivity contribution in [2.75, 3.05) is 0 Å². The average molecular weight is 269 g/mol. The maximum atomic E-state index is 9.27. The van der Waals surface area contributed by atoms with Gasteiger partial charge in [-0.1, -0.05) is 29.4 Å². The molecular weight excluding hydrogens is 256 g/mol. The van der Waals surface area contributed by atoms with Crippen molar-refractivity contribution in [1.82, 2.24) is 9.55 Å². The molecule has 0 amide bonds. The van der Waals surface area contributed by atoms with Crippen molar-refractivity contribution in [1.29, 1.82) is 0 Å². The summed E-state index contributed by atoms with van der Waals surface area (Å²) in [5, 5.41) is 10.9. The first-order valence-corrected chi connectivity index (χ1v) is 6.37. The minimum Gasteiger partial charge on any atom is -0.390 e. The van der Waals surface area contributed by atoms with Gasteiger partial charge in [-0.15, -0.1) is 0 Å². The number of aryl methyl sites for hydroxylation is 1. The lowest BCUT2D eigenvalue weighted by Crippen LogP contribution is -1.94. The molecule has 17 heavy (non-hydrogen) atoms. The molecule has 1 aromatic carbocycles. The van der Waals surface area contributed by atoms with E-state index in [2.05, 4.69) is 4.98 Å². The number of halogens is 1. The van der Waals surface area contributed by atoms with E-state index in [9.17, 15) is 5.11 Å². The summed E-state index contributed by atoms with van der Waals surface area (Å²) in [5.74, 6) is 0.888. The molecule has 0 unspecified atom stereocenters. The molecule has 2 aromatic rings. The van der Waals surface area contributed by atoms with Crippen molar-refractivity contribution in [3.8, 4) is 0 Å². The normalized spacial score (nSPS) is 10.8. The molecule has 0 bridgehead atoms. The van der Waals surface area contributed by atoms with Crippen molar-refractivity contribution in [2.24, 2.45) is 7.05 Å². The SMILES string of the molecule is Cc1nc(CO)c(Sc2cccc(Cl)c2)n1C. The molecule has 3 nitrogen and oxygen atoms in total. The molecule has 0 spiro atoms. The Hall–Kier alpha value is -0.970. The van der Waals surface area contributed by atoms with E-state index in [1.54, 1.807) is 11.8 Å². The number of aliphatic hydroxyl groups excluding tert-OH is 1. The van der Waals surface area contributed by atoms with Gasteiger partial charge in [0.2, 0.25) is 0 Å². The van der Waals surface area contributed by atoms with E-state index in [0.29, 0.717) is 10.7 Å². The summed E-state index contributed by atoms with van der Waals surface area (Å²) >= 11 is 7.50. The predicted molar refractivity (Wildman–Crippen MR) is 69.4 cm³/mol. The largest absolute Gasteiger partial charge is 0.390 e. The van der Waals surface area contributed by atoms with E-state index in [-0.39, 0.29) is 6.61 Å². The maximum Gasteiger partial charge on any atom is 0.106 e. The van der Waals surface area contributed by atoms with Gasteiger partial charge in [-0.05, 0) is 25.1 Å². The molecular formula is C12H13ClN2OS. The second kappa shape index (κ2) is 5.12. The zero-order valence-corrected chi connectivity index (χ0v) is 11.2. The van der Waals surface area contributed by atoms with Crippen LogP contribution >= 0.6 is 23.4 Å². The molecule has 0 aliphatic heterocycles. The van der Waals surface area contributed by atoms with Crippen LogP contribution in [0.4, 0.5) is 0 Å². The van der Waals surface area contributed by atoms with Crippen molar-refractivity contribution in [2.45, 2.75) is 23.5 Å². The monoisotopic (exact) mass is 268 g/mol. The molecule has 2 rings (SSSR count). The van der Waals surface area contributed by atoms with E-state index >= 15 is 0 Å². The summed E-state index contributed by atoms with van der Waals surface area (Å²) in [6, 6.07) is 7.63. The zero-order chi connectivity index (χ0) is 12.4. The highest BCUT2D eigenvalue weighted by Crippen LogP contribution is 2.32. The van der Waals surface area contributed by atoms with Crippen LogP contribution in [0.2, 0.25) is 5.02 Å². The van der Waals surface area contributed by atoms with Gasteiger partial charge in [-0.2, -0.15) is 0 Å². The lowest BCUT2D eigenvalue weighted by atomic mass is 10.4. The van der Waals surface area contributed by atoms with Crippen LogP contribution in [0.1, 0.15) is 11.5 Å². The van der Waals surface area contributed by atoms with Crippen LogP contribution in [0.3, 0.4) is 0 Å². The highest BCUT2D eigenvalue weighted by molar-refractivity contribution is 7.99. The average Bonchev–Trinajstić information content (AvgIpc) is 2.57. The van der Waals surface area contributed by atoms with Gasteiger partial charge in [0.05, 0.1) is 12.3 Å². The van der Waals surface area contributed by atoms with Crippen molar-refractivity contribution >= 4 is 23.4 Å². The fraction of sp³-hybridized carbons (Fsp3) is 0.250. The molecule has 90 valence electrons. The Bertz CT molecular complexity index is 539. The smallest absolute Gasteiger partial charge is 0.106 e. The maximum absolute atomic E-state index is 9.27. The fourth-order valence-electron chi connectivity index (χ4n) is 1.53. The third kappa shape index (κ3) is 2.65. The van der Waals surface area contributed by atoms with E-state index in [0.717, 1.165) is 15.7 Å². The zero-order valence-electron chi connectivity index (χ0n) is 9.64. The number of hydrogen-bond acceptors (Lipinski definition) is 3. The van der Waals surface area contributed by atoms with E-state index in [4.69, 9.17) is 11.6 Å². The standard InChI is InChI=1S/C12H13ClN2OS/c1-8-14-11(7-16)12(15(8)2)17-10-5-3-4-9(13)6-10/h3-6,16H,7H2,1-2H3. The molecule has 1 N–H and O–H groups in total. The number of rotatable bonds is 3. The second-order valence-corrected chi connectivity index (χ2v) is 5.19. The minimum absolute atomic E-state index is 0.0510. The number of aromatic nitrogens is 2. The molecule has 0 fully saturated rings. The van der Waals surface area contributed by atoms with Gasteiger partial charge in [-0.3, -0.25) is 0 Å². The first-order chi connectivity index (χ1) is 8.11. The lowest BCUT2D eigenvalue weighted by molar-refractivity contribution is 0.273. The Morgan fingerprint density at radius 3 is 2.88 bits per heavy atom. The highest BCUT2D eigenvalue weighted by Gasteiger charge is 2.12. The van der Waals surface area contributed by atoms with Gasteiger partial charge in [-0.25, -0.2) is 4.98 Å². The van der Waals surface area contributed by atoms with Crippen molar-refractivity contribution in [3.05, 3.63) is 40.8 Å². The first kappa shape index (κ1) is 12.5. The molecule has 0 aliphatic carbocycles. The molecule has 0 aliphatic rings. The third-order valence-corrected chi connectivity index (χ3v) is 3.92. The van der Waals surface area contributed by atoms with Gasteiger partial charge in [0, 0.05) is 17.0 Å². The van der Waals surface area contributed by atoms with Gasteiger partial charge >= 0.3 is 0 Å². The van der Waals surface area contributed by atoms with Gasteiger partial charge < -0.3 is 9.67 Å². The van der Waals surface area contributed by atoms with E-state index in [1.807, 2.05) is 42.8 Å². The number of hydrogen-bond donors (Lipinski definition) is 1. The van der Waals surface area contributed by atoms with Crippen molar-refractivity contribution < 1.29 is 5.11 Å². The van der Waals surface area contributed by atoms with Crippen LogP contribution in [-0.4, -0.2) is 14.7 Å². The quantitative estimate of drug-likeness (QED) is 0.930.